The molecule has 1 aliphatic carbocycles. The van der Waals surface area contributed by atoms with Crippen LogP contribution in [0, 0.1) is 11.3 Å². The standard InChI is InChI=1S/C14H26O2/c1-6-12(15)14(16-5)9-7-11(8-10-14)13(2,3)4/h11H,6-10H2,1-5H3. The molecule has 1 aliphatic rings. The molecular formula is C14H26O2. The lowest BCUT2D eigenvalue weighted by Gasteiger charge is -2.42. The summed E-state index contributed by atoms with van der Waals surface area (Å²) < 4.78 is 5.54. The molecule has 0 aromatic rings. The molecule has 0 bridgehead atoms. The van der Waals surface area contributed by atoms with E-state index in [1.807, 2.05) is 6.92 Å². The number of methoxy groups -OCH3 is 1. The minimum atomic E-state index is -0.462. The quantitative estimate of drug-likeness (QED) is 0.735. The molecule has 0 unspecified atom stereocenters. The first-order valence-corrected chi connectivity index (χ1v) is 6.44. The Labute approximate surface area is 99.8 Å². The average molecular weight is 226 g/mol. The first-order valence-electron chi connectivity index (χ1n) is 6.44. The summed E-state index contributed by atoms with van der Waals surface area (Å²) >= 11 is 0. The number of ether oxygens (including phenoxy) is 1. The minimum absolute atomic E-state index is 0.280. The highest BCUT2D eigenvalue weighted by molar-refractivity contribution is 5.87. The van der Waals surface area contributed by atoms with E-state index < -0.39 is 5.60 Å². The molecule has 16 heavy (non-hydrogen) atoms. The van der Waals surface area contributed by atoms with Gasteiger partial charge < -0.3 is 4.74 Å². The highest BCUT2D eigenvalue weighted by Gasteiger charge is 2.42. The van der Waals surface area contributed by atoms with Crippen LogP contribution in [-0.4, -0.2) is 18.5 Å². The van der Waals surface area contributed by atoms with Crippen LogP contribution in [0.25, 0.3) is 0 Å². The molecule has 1 saturated carbocycles. The van der Waals surface area contributed by atoms with Gasteiger partial charge in [0.25, 0.3) is 0 Å². The van der Waals surface area contributed by atoms with Gasteiger partial charge in [-0.2, -0.15) is 0 Å². The van der Waals surface area contributed by atoms with Crippen LogP contribution in [0.15, 0.2) is 0 Å². The van der Waals surface area contributed by atoms with Crippen LogP contribution in [0.3, 0.4) is 0 Å². The molecule has 0 aliphatic heterocycles. The van der Waals surface area contributed by atoms with E-state index in [4.69, 9.17) is 4.74 Å². The summed E-state index contributed by atoms with van der Waals surface area (Å²) in [5.41, 5.74) is -0.105. The zero-order chi connectivity index (χ0) is 12.4. The maximum Gasteiger partial charge on any atom is 0.164 e. The van der Waals surface area contributed by atoms with Gasteiger partial charge in [0, 0.05) is 13.5 Å². The molecule has 0 atom stereocenters. The molecule has 0 radical (unpaired) electrons. The van der Waals surface area contributed by atoms with Gasteiger partial charge in [-0.25, -0.2) is 0 Å². The smallest absolute Gasteiger partial charge is 0.164 e. The van der Waals surface area contributed by atoms with Crippen LogP contribution < -0.4 is 0 Å². The summed E-state index contributed by atoms with van der Waals surface area (Å²) in [6.07, 6.45) is 4.62. The van der Waals surface area contributed by atoms with Crippen LogP contribution in [0.5, 0.6) is 0 Å². The van der Waals surface area contributed by atoms with E-state index in [0.29, 0.717) is 11.8 Å². The Hall–Kier alpha value is -0.370. The number of hydrogen-bond acceptors (Lipinski definition) is 2. The van der Waals surface area contributed by atoms with E-state index >= 15 is 0 Å². The predicted octanol–water partition coefficient (Wildman–Crippen LogP) is 3.59. The Bertz CT molecular complexity index is 242. The zero-order valence-electron chi connectivity index (χ0n) is 11.4. The van der Waals surface area contributed by atoms with Crippen molar-refractivity contribution in [1.82, 2.24) is 0 Å². The zero-order valence-corrected chi connectivity index (χ0v) is 11.4. The van der Waals surface area contributed by atoms with Crippen molar-refractivity contribution in [3.05, 3.63) is 0 Å². The molecule has 0 N–H and O–H groups in total. The molecule has 2 heteroatoms. The maximum atomic E-state index is 12.0. The summed E-state index contributed by atoms with van der Waals surface area (Å²) in [6.45, 7) is 8.80. The van der Waals surface area contributed by atoms with E-state index in [-0.39, 0.29) is 5.78 Å². The Balaban J connectivity index is 2.68. The number of rotatable bonds is 3. The molecule has 1 rings (SSSR count). The topological polar surface area (TPSA) is 26.3 Å². The van der Waals surface area contributed by atoms with Crippen LogP contribution >= 0.6 is 0 Å². The molecule has 1 fully saturated rings. The van der Waals surface area contributed by atoms with Crippen molar-refractivity contribution in [2.24, 2.45) is 11.3 Å². The summed E-state index contributed by atoms with van der Waals surface area (Å²) in [5, 5.41) is 0. The summed E-state index contributed by atoms with van der Waals surface area (Å²) in [6, 6.07) is 0. The Morgan fingerprint density at radius 3 is 2.12 bits per heavy atom. The Morgan fingerprint density at radius 1 is 1.31 bits per heavy atom. The third-order valence-corrected chi connectivity index (χ3v) is 4.24. The normalized spacial score (nSPS) is 31.4. The Kier molecular flexibility index (Phi) is 4.17. The minimum Gasteiger partial charge on any atom is -0.370 e. The summed E-state index contributed by atoms with van der Waals surface area (Å²) in [4.78, 5) is 12.0. The lowest BCUT2D eigenvalue weighted by Crippen LogP contribution is -2.45. The van der Waals surface area contributed by atoms with Crippen LogP contribution in [-0.2, 0) is 9.53 Å². The van der Waals surface area contributed by atoms with E-state index in [1.54, 1.807) is 7.11 Å². The molecule has 0 amide bonds. The van der Waals surface area contributed by atoms with Gasteiger partial charge in [0.15, 0.2) is 5.78 Å². The summed E-state index contributed by atoms with van der Waals surface area (Å²) in [7, 11) is 1.69. The summed E-state index contributed by atoms with van der Waals surface area (Å²) in [5.74, 6) is 1.00. The van der Waals surface area contributed by atoms with Gasteiger partial charge in [0.2, 0.25) is 0 Å². The average Bonchev–Trinajstić information content (AvgIpc) is 2.26. The van der Waals surface area contributed by atoms with Gasteiger partial charge in [-0.05, 0) is 37.0 Å². The van der Waals surface area contributed by atoms with Crippen LogP contribution in [0.2, 0.25) is 0 Å². The van der Waals surface area contributed by atoms with Crippen molar-refractivity contribution >= 4 is 5.78 Å². The largest absolute Gasteiger partial charge is 0.370 e. The number of hydrogen-bond donors (Lipinski definition) is 0. The SMILES string of the molecule is CCC(=O)C1(OC)CCC(C(C)(C)C)CC1. The molecule has 94 valence electrons. The lowest BCUT2D eigenvalue weighted by molar-refractivity contribution is -0.147. The maximum absolute atomic E-state index is 12.0. The monoisotopic (exact) mass is 226 g/mol. The highest BCUT2D eigenvalue weighted by Crippen LogP contribution is 2.43. The van der Waals surface area contributed by atoms with Gasteiger partial charge >= 0.3 is 0 Å². The molecule has 0 aromatic heterocycles. The fraction of sp³-hybridized carbons (Fsp3) is 0.929. The molecule has 0 spiro atoms. The number of carbonyl (C=O) groups is 1. The first kappa shape index (κ1) is 13.7. The fourth-order valence-electron chi connectivity index (χ4n) is 2.87. The third kappa shape index (κ3) is 2.65. The van der Waals surface area contributed by atoms with Gasteiger partial charge in [-0.3, -0.25) is 4.79 Å². The van der Waals surface area contributed by atoms with Gasteiger partial charge in [-0.1, -0.05) is 27.7 Å². The second-order valence-corrected chi connectivity index (χ2v) is 6.12. The van der Waals surface area contributed by atoms with Crippen molar-refractivity contribution < 1.29 is 9.53 Å². The van der Waals surface area contributed by atoms with Crippen molar-refractivity contribution in [1.29, 1.82) is 0 Å². The first-order chi connectivity index (χ1) is 7.35. The van der Waals surface area contributed by atoms with E-state index in [1.165, 1.54) is 0 Å². The molecule has 0 aromatic carbocycles. The molecule has 0 saturated heterocycles. The van der Waals surface area contributed by atoms with Crippen molar-refractivity contribution in [2.75, 3.05) is 7.11 Å². The van der Waals surface area contributed by atoms with Gasteiger partial charge in [-0.15, -0.1) is 0 Å². The van der Waals surface area contributed by atoms with Crippen molar-refractivity contribution in [2.45, 2.75) is 65.4 Å². The number of Topliss-reactive ketones (excluding diaryl/α,β-unsaturated/α-hetero) is 1. The third-order valence-electron chi connectivity index (χ3n) is 4.24. The van der Waals surface area contributed by atoms with Gasteiger partial charge in [0.1, 0.15) is 5.60 Å². The van der Waals surface area contributed by atoms with Crippen LogP contribution in [0.4, 0.5) is 0 Å². The second-order valence-electron chi connectivity index (χ2n) is 6.12. The van der Waals surface area contributed by atoms with E-state index in [9.17, 15) is 4.79 Å². The molecular weight excluding hydrogens is 200 g/mol. The lowest BCUT2D eigenvalue weighted by atomic mass is 9.67. The molecule has 0 heterocycles. The van der Waals surface area contributed by atoms with Crippen molar-refractivity contribution in [3.8, 4) is 0 Å². The number of ketones is 1. The van der Waals surface area contributed by atoms with Crippen molar-refractivity contribution in [3.63, 3.8) is 0 Å². The van der Waals surface area contributed by atoms with E-state index in [0.717, 1.165) is 31.6 Å². The number of carbonyl (C=O) groups excluding carboxylic acids is 1. The fourth-order valence-corrected chi connectivity index (χ4v) is 2.87. The Morgan fingerprint density at radius 2 is 1.81 bits per heavy atom. The predicted molar refractivity (Wildman–Crippen MR) is 66.5 cm³/mol. The van der Waals surface area contributed by atoms with Crippen LogP contribution in [0.1, 0.15) is 59.8 Å². The van der Waals surface area contributed by atoms with Gasteiger partial charge in [0.05, 0.1) is 0 Å². The second kappa shape index (κ2) is 4.87. The molecule has 2 nitrogen and oxygen atoms in total. The highest BCUT2D eigenvalue weighted by atomic mass is 16.5. The van der Waals surface area contributed by atoms with E-state index in [2.05, 4.69) is 20.8 Å².